The van der Waals surface area contributed by atoms with E-state index < -0.39 is 11.6 Å². The van der Waals surface area contributed by atoms with Crippen LogP contribution in [-0.4, -0.2) is 17.7 Å². The lowest BCUT2D eigenvalue weighted by atomic mass is 9.44. The normalized spacial score (nSPS) is 49.8. The number of fused-ring (bicyclic) bond motifs is 5. The largest absolute Gasteiger partial charge is 0.296 e. The maximum absolute atomic E-state index is 14.4. The molecular formula is C21H27FO2S. The zero-order valence-corrected chi connectivity index (χ0v) is 16.2. The Kier molecular flexibility index (Phi) is 3.72. The van der Waals surface area contributed by atoms with Crippen molar-refractivity contribution in [2.75, 3.05) is 0 Å². The number of Topliss-reactive ketones (excluding diaryl/α,β-unsaturated/α-hetero) is 2. The van der Waals surface area contributed by atoms with Gasteiger partial charge in [-0.05, 0) is 65.9 Å². The van der Waals surface area contributed by atoms with Gasteiger partial charge in [-0.1, -0.05) is 27.4 Å². The third-order valence-electron chi connectivity index (χ3n) is 8.24. The zero-order chi connectivity index (χ0) is 18.3. The molecule has 3 fully saturated rings. The van der Waals surface area contributed by atoms with Crippen LogP contribution < -0.4 is 0 Å². The quantitative estimate of drug-likeness (QED) is 0.634. The van der Waals surface area contributed by atoms with Crippen LogP contribution in [0.3, 0.4) is 0 Å². The highest BCUT2D eigenvalue weighted by atomic mass is 32.1. The van der Waals surface area contributed by atoms with Gasteiger partial charge in [-0.2, -0.15) is 0 Å². The summed E-state index contributed by atoms with van der Waals surface area (Å²) < 4.78 is 14.4. The summed E-state index contributed by atoms with van der Waals surface area (Å²) in [6.07, 6.45) is 2.06. The highest BCUT2D eigenvalue weighted by Gasteiger charge is 2.64. The number of ketones is 2. The van der Waals surface area contributed by atoms with Crippen LogP contribution in [0.15, 0.2) is 22.6 Å². The monoisotopic (exact) mass is 362 g/mol. The van der Waals surface area contributed by atoms with E-state index in [0.717, 1.165) is 30.4 Å². The summed E-state index contributed by atoms with van der Waals surface area (Å²) >= 11 is 4.56. The molecule has 0 unspecified atom stereocenters. The van der Waals surface area contributed by atoms with Gasteiger partial charge in [0, 0.05) is 11.8 Å². The zero-order valence-electron chi connectivity index (χ0n) is 15.3. The van der Waals surface area contributed by atoms with Crippen molar-refractivity contribution in [3.05, 3.63) is 22.6 Å². The molecule has 0 N–H and O–H groups in total. The molecule has 0 heterocycles. The van der Waals surface area contributed by atoms with Crippen molar-refractivity contribution in [2.45, 2.75) is 59.0 Å². The van der Waals surface area contributed by atoms with E-state index in [0.29, 0.717) is 23.7 Å². The molecule has 0 aromatic heterocycles. The molecule has 0 aromatic rings. The topological polar surface area (TPSA) is 34.1 Å². The van der Waals surface area contributed by atoms with E-state index in [1.54, 1.807) is 0 Å². The van der Waals surface area contributed by atoms with Crippen molar-refractivity contribution in [2.24, 2.45) is 34.5 Å². The fourth-order valence-corrected chi connectivity index (χ4v) is 7.28. The number of halogens is 1. The highest BCUT2D eigenvalue weighted by molar-refractivity contribution is 7.85. The average Bonchev–Trinajstić information content (AvgIpc) is 2.80. The van der Waals surface area contributed by atoms with Crippen molar-refractivity contribution < 1.29 is 14.0 Å². The first kappa shape index (κ1) is 17.5. The summed E-state index contributed by atoms with van der Waals surface area (Å²) in [5, 5.41) is 0. The minimum Gasteiger partial charge on any atom is -0.296 e. The van der Waals surface area contributed by atoms with E-state index in [-0.39, 0.29) is 34.7 Å². The smallest absolute Gasteiger partial charge is 0.173 e. The van der Waals surface area contributed by atoms with E-state index >= 15 is 0 Å². The molecule has 2 nitrogen and oxygen atoms in total. The fraction of sp³-hybridized carbons (Fsp3) is 0.714. The Hall–Kier alpha value is -0.900. The first-order valence-corrected chi connectivity index (χ1v) is 9.92. The Labute approximate surface area is 154 Å². The van der Waals surface area contributed by atoms with Crippen LogP contribution in [0.1, 0.15) is 52.9 Å². The second-order valence-corrected chi connectivity index (χ2v) is 9.64. The summed E-state index contributed by atoms with van der Waals surface area (Å²) in [5.41, 5.74) is 1.38. The molecule has 25 heavy (non-hydrogen) atoms. The van der Waals surface area contributed by atoms with Crippen LogP contribution in [0.5, 0.6) is 0 Å². The first-order valence-electron chi connectivity index (χ1n) is 9.47. The first-order chi connectivity index (χ1) is 11.6. The van der Waals surface area contributed by atoms with Crippen LogP contribution in [0, 0.1) is 34.5 Å². The van der Waals surface area contributed by atoms with E-state index in [2.05, 4.69) is 33.1 Å². The van der Waals surface area contributed by atoms with Crippen molar-refractivity contribution in [1.82, 2.24) is 0 Å². The summed E-state index contributed by atoms with van der Waals surface area (Å²) in [7, 11) is 0. The molecule has 4 aliphatic rings. The number of thiol groups is 1. The standard InChI is InChI=1S/C21H27FO2S/c1-10-11(2)17-18(25)15(23)6-8-20(17,3)12-5-7-21(4)13(16(10)12)9-14(22)19(21)24/h10,12-14,16,25H,2,5-9H2,1,3-4H3/t10-,12+,13+,14-,16-,20-,21+/m1/s1. The van der Waals surface area contributed by atoms with Crippen molar-refractivity contribution in [3.63, 3.8) is 0 Å². The van der Waals surface area contributed by atoms with E-state index in [1.165, 1.54) is 0 Å². The van der Waals surface area contributed by atoms with Crippen molar-refractivity contribution >= 4 is 24.2 Å². The molecule has 0 bridgehead atoms. The number of alkyl halides is 1. The predicted molar refractivity (Wildman–Crippen MR) is 99.0 cm³/mol. The Bertz CT molecular complexity index is 725. The minimum atomic E-state index is -1.31. The van der Waals surface area contributed by atoms with Gasteiger partial charge in [-0.15, -0.1) is 12.6 Å². The summed E-state index contributed by atoms with van der Waals surface area (Å²) in [5.74, 6) is 0.800. The number of hydrogen-bond acceptors (Lipinski definition) is 3. The number of rotatable bonds is 0. The van der Waals surface area contributed by atoms with Gasteiger partial charge in [0.25, 0.3) is 0 Å². The summed E-state index contributed by atoms with van der Waals surface area (Å²) in [6, 6.07) is 0. The van der Waals surface area contributed by atoms with Gasteiger partial charge in [-0.3, -0.25) is 9.59 Å². The molecule has 0 amide bonds. The number of carbonyl (C=O) groups is 2. The summed E-state index contributed by atoms with van der Waals surface area (Å²) in [6.45, 7) is 10.7. The van der Waals surface area contributed by atoms with Gasteiger partial charge in [0.05, 0.1) is 4.91 Å². The average molecular weight is 363 g/mol. The maximum atomic E-state index is 14.4. The van der Waals surface area contributed by atoms with Crippen LogP contribution >= 0.6 is 12.6 Å². The van der Waals surface area contributed by atoms with Crippen LogP contribution in [0.4, 0.5) is 4.39 Å². The SMILES string of the molecule is C=C1C2=C(S)C(=O)CC[C@]2(C)[C@H]2CC[C@]3(C)C(=O)[C@H](F)C[C@H]3[C@@H]2[C@@H]1C. The van der Waals surface area contributed by atoms with Gasteiger partial charge in [0.15, 0.2) is 17.7 Å². The second kappa shape index (κ2) is 5.31. The molecular weight excluding hydrogens is 335 g/mol. The van der Waals surface area contributed by atoms with E-state index in [4.69, 9.17) is 0 Å². The Balaban J connectivity index is 1.84. The molecule has 3 saturated carbocycles. The minimum absolute atomic E-state index is 0.0832. The van der Waals surface area contributed by atoms with Gasteiger partial charge < -0.3 is 0 Å². The number of carbonyl (C=O) groups excluding carboxylic acids is 2. The molecule has 136 valence electrons. The molecule has 4 heteroatoms. The molecule has 4 aliphatic carbocycles. The van der Waals surface area contributed by atoms with Crippen molar-refractivity contribution in [1.29, 1.82) is 0 Å². The van der Waals surface area contributed by atoms with Gasteiger partial charge in [-0.25, -0.2) is 4.39 Å². The van der Waals surface area contributed by atoms with Crippen LogP contribution in [0.25, 0.3) is 0 Å². The molecule has 0 saturated heterocycles. The van der Waals surface area contributed by atoms with Gasteiger partial charge >= 0.3 is 0 Å². The lowest BCUT2D eigenvalue weighted by molar-refractivity contribution is -0.135. The molecule has 0 spiro atoms. The number of allylic oxidation sites excluding steroid dienone is 2. The lowest BCUT2D eigenvalue weighted by Crippen LogP contribution is -2.54. The predicted octanol–water partition coefficient (Wildman–Crippen LogP) is 4.71. The maximum Gasteiger partial charge on any atom is 0.173 e. The molecule has 4 rings (SSSR count). The summed E-state index contributed by atoms with van der Waals surface area (Å²) in [4.78, 5) is 25.4. The van der Waals surface area contributed by atoms with Crippen LogP contribution in [0.2, 0.25) is 0 Å². The van der Waals surface area contributed by atoms with Gasteiger partial charge in [0.2, 0.25) is 0 Å². The molecule has 7 atom stereocenters. The molecule has 0 aliphatic heterocycles. The highest BCUT2D eigenvalue weighted by Crippen LogP contribution is 2.67. The van der Waals surface area contributed by atoms with Gasteiger partial charge in [0.1, 0.15) is 0 Å². The fourth-order valence-electron chi connectivity index (χ4n) is 6.77. The third kappa shape index (κ3) is 2.03. The Morgan fingerprint density at radius 1 is 1.16 bits per heavy atom. The van der Waals surface area contributed by atoms with Crippen molar-refractivity contribution in [3.8, 4) is 0 Å². The lowest BCUT2D eigenvalue weighted by Gasteiger charge is -2.59. The second-order valence-electron chi connectivity index (χ2n) is 9.19. The molecule has 0 aromatic carbocycles. The van der Waals surface area contributed by atoms with Crippen LogP contribution in [-0.2, 0) is 9.59 Å². The third-order valence-corrected chi connectivity index (χ3v) is 8.71. The number of hydrogen-bond donors (Lipinski definition) is 1. The van der Waals surface area contributed by atoms with E-state index in [1.807, 2.05) is 6.92 Å². The van der Waals surface area contributed by atoms with E-state index in [9.17, 15) is 14.0 Å². The molecule has 0 radical (unpaired) electrons. The Morgan fingerprint density at radius 2 is 1.84 bits per heavy atom. The Morgan fingerprint density at radius 3 is 2.52 bits per heavy atom.